The predicted octanol–water partition coefficient (Wildman–Crippen LogP) is 4.41. The summed E-state index contributed by atoms with van der Waals surface area (Å²) in [5.74, 6) is -2.94. The third kappa shape index (κ3) is 2.71. The summed E-state index contributed by atoms with van der Waals surface area (Å²) in [5, 5.41) is 0. The molecular formula is C14H8BrF3O. The van der Waals surface area contributed by atoms with Gasteiger partial charge < -0.3 is 0 Å². The van der Waals surface area contributed by atoms with Crippen molar-refractivity contribution in [3.8, 4) is 0 Å². The predicted molar refractivity (Wildman–Crippen MR) is 68.6 cm³/mol. The zero-order chi connectivity index (χ0) is 14.2. The van der Waals surface area contributed by atoms with E-state index in [1.165, 1.54) is 12.1 Å². The van der Waals surface area contributed by atoms with Crippen molar-refractivity contribution in [2.75, 3.05) is 0 Å². The van der Waals surface area contributed by atoms with Crippen LogP contribution < -0.4 is 0 Å². The third-order valence-electron chi connectivity index (χ3n) is 2.69. The maximum Gasteiger partial charge on any atom is 0.196 e. The summed E-state index contributed by atoms with van der Waals surface area (Å²) in [6.45, 7) is 1.55. The molecule has 19 heavy (non-hydrogen) atoms. The summed E-state index contributed by atoms with van der Waals surface area (Å²) in [6.07, 6.45) is 0. The van der Waals surface area contributed by atoms with Crippen LogP contribution in [0.4, 0.5) is 13.2 Å². The van der Waals surface area contributed by atoms with Gasteiger partial charge in [-0.1, -0.05) is 12.1 Å². The van der Waals surface area contributed by atoms with Gasteiger partial charge in [0, 0.05) is 5.56 Å². The van der Waals surface area contributed by atoms with E-state index < -0.39 is 28.8 Å². The first kappa shape index (κ1) is 13.8. The van der Waals surface area contributed by atoms with E-state index in [9.17, 15) is 18.0 Å². The zero-order valence-electron chi connectivity index (χ0n) is 9.81. The summed E-state index contributed by atoms with van der Waals surface area (Å²) >= 11 is 2.82. The topological polar surface area (TPSA) is 17.1 Å². The van der Waals surface area contributed by atoms with Crippen LogP contribution in [0.3, 0.4) is 0 Å². The summed E-state index contributed by atoms with van der Waals surface area (Å²) in [5.41, 5.74) is -0.0771. The standard InChI is InChI=1S/C14H8BrF3O/c1-7-2-3-8(4-11(7)16)14(19)9-5-13(18)10(15)6-12(9)17/h2-6H,1H3. The number of ketones is 1. The molecule has 0 aliphatic carbocycles. The molecule has 1 nitrogen and oxygen atoms in total. The molecular weight excluding hydrogens is 321 g/mol. The molecule has 2 rings (SSSR count). The van der Waals surface area contributed by atoms with E-state index in [0.717, 1.165) is 18.2 Å². The first-order valence-corrected chi connectivity index (χ1v) is 6.15. The molecule has 0 saturated heterocycles. The average molecular weight is 329 g/mol. The van der Waals surface area contributed by atoms with Crippen LogP contribution in [-0.2, 0) is 0 Å². The summed E-state index contributed by atoms with van der Waals surface area (Å²) in [4.78, 5) is 12.0. The van der Waals surface area contributed by atoms with Gasteiger partial charge in [0.1, 0.15) is 17.5 Å². The van der Waals surface area contributed by atoms with Crippen molar-refractivity contribution < 1.29 is 18.0 Å². The molecule has 0 radical (unpaired) electrons. The molecule has 0 spiro atoms. The molecule has 0 atom stereocenters. The molecule has 2 aromatic carbocycles. The third-order valence-corrected chi connectivity index (χ3v) is 3.30. The molecule has 0 N–H and O–H groups in total. The molecule has 98 valence electrons. The number of aryl methyl sites for hydroxylation is 1. The Labute approximate surface area is 116 Å². The Kier molecular flexibility index (Phi) is 3.75. The zero-order valence-corrected chi connectivity index (χ0v) is 11.4. The lowest BCUT2D eigenvalue weighted by atomic mass is 10.0. The van der Waals surface area contributed by atoms with Gasteiger partial charge in [0.25, 0.3) is 0 Å². The minimum Gasteiger partial charge on any atom is -0.288 e. The van der Waals surface area contributed by atoms with Crippen molar-refractivity contribution >= 4 is 21.7 Å². The molecule has 0 aliphatic rings. The fourth-order valence-corrected chi connectivity index (χ4v) is 1.90. The van der Waals surface area contributed by atoms with Crippen molar-refractivity contribution in [3.05, 3.63) is 68.9 Å². The molecule has 0 bridgehead atoms. The Morgan fingerprint density at radius 2 is 1.68 bits per heavy atom. The van der Waals surface area contributed by atoms with Crippen LogP contribution in [0.25, 0.3) is 0 Å². The molecule has 0 heterocycles. The van der Waals surface area contributed by atoms with Gasteiger partial charge in [-0.05, 0) is 46.6 Å². The number of carbonyl (C=O) groups excluding carboxylic acids is 1. The summed E-state index contributed by atoms with van der Waals surface area (Å²) < 4.78 is 40.3. The van der Waals surface area contributed by atoms with Gasteiger partial charge in [-0.25, -0.2) is 13.2 Å². The van der Waals surface area contributed by atoms with E-state index in [-0.39, 0.29) is 10.0 Å². The monoisotopic (exact) mass is 328 g/mol. The highest BCUT2D eigenvalue weighted by Crippen LogP contribution is 2.22. The lowest BCUT2D eigenvalue weighted by Crippen LogP contribution is -2.06. The number of hydrogen-bond acceptors (Lipinski definition) is 1. The van der Waals surface area contributed by atoms with Crippen LogP contribution in [0.5, 0.6) is 0 Å². The SMILES string of the molecule is Cc1ccc(C(=O)c2cc(F)c(Br)cc2F)cc1F. The molecule has 0 aliphatic heterocycles. The van der Waals surface area contributed by atoms with E-state index in [2.05, 4.69) is 15.9 Å². The highest BCUT2D eigenvalue weighted by Gasteiger charge is 2.17. The molecule has 0 unspecified atom stereocenters. The Balaban J connectivity index is 2.49. The van der Waals surface area contributed by atoms with Crippen LogP contribution >= 0.6 is 15.9 Å². The molecule has 0 amide bonds. The van der Waals surface area contributed by atoms with Crippen LogP contribution in [0.15, 0.2) is 34.8 Å². The minimum absolute atomic E-state index is 0.0243. The van der Waals surface area contributed by atoms with Crippen molar-refractivity contribution in [2.45, 2.75) is 6.92 Å². The second kappa shape index (κ2) is 5.17. The van der Waals surface area contributed by atoms with Gasteiger partial charge in [0.15, 0.2) is 5.78 Å². The largest absolute Gasteiger partial charge is 0.288 e. The van der Waals surface area contributed by atoms with Crippen LogP contribution in [0.2, 0.25) is 0 Å². The van der Waals surface area contributed by atoms with Gasteiger partial charge in [0.05, 0.1) is 10.0 Å². The van der Waals surface area contributed by atoms with Crippen LogP contribution in [-0.4, -0.2) is 5.78 Å². The quantitative estimate of drug-likeness (QED) is 0.589. The lowest BCUT2D eigenvalue weighted by molar-refractivity contribution is 0.103. The average Bonchev–Trinajstić information content (AvgIpc) is 2.36. The Bertz CT molecular complexity index is 668. The molecule has 0 fully saturated rings. The maximum atomic E-state index is 13.6. The second-order valence-electron chi connectivity index (χ2n) is 4.04. The van der Waals surface area contributed by atoms with Gasteiger partial charge in [-0.2, -0.15) is 0 Å². The van der Waals surface area contributed by atoms with E-state index in [4.69, 9.17) is 0 Å². The van der Waals surface area contributed by atoms with Crippen molar-refractivity contribution in [3.63, 3.8) is 0 Å². The first-order valence-electron chi connectivity index (χ1n) is 5.35. The Morgan fingerprint density at radius 1 is 1.00 bits per heavy atom. The summed E-state index contributed by atoms with van der Waals surface area (Å²) in [6, 6.07) is 5.46. The van der Waals surface area contributed by atoms with Crippen LogP contribution in [0.1, 0.15) is 21.5 Å². The number of rotatable bonds is 2. The Morgan fingerprint density at radius 3 is 2.32 bits per heavy atom. The molecule has 0 aromatic heterocycles. The van der Waals surface area contributed by atoms with Gasteiger partial charge in [-0.3, -0.25) is 4.79 Å². The maximum absolute atomic E-state index is 13.6. The second-order valence-corrected chi connectivity index (χ2v) is 4.89. The lowest BCUT2D eigenvalue weighted by Gasteiger charge is -2.05. The highest BCUT2D eigenvalue weighted by molar-refractivity contribution is 9.10. The molecule has 0 saturated carbocycles. The van der Waals surface area contributed by atoms with E-state index in [1.54, 1.807) is 6.92 Å². The van der Waals surface area contributed by atoms with Gasteiger partial charge in [-0.15, -0.1) is 0 Å². The first-order chi connectivity index (χ1) is 8.90. The van der Waals surface area contributed by atoms with Crippen molar-refractivity contribution in [1.82, 2.24) is 0 Å². The fourth-order valence-electron chi connectivity index (χ4n) is 1.59. The van der Waals surface area contributed by atoms with Crippen molar-refractivity contribution in [2.24, 2.45) is 0 Å². The number of hydrogen-bond donors (Lipinski definition) is 0. The van der Waals surface area contributed by atoms with Crippen molar-refractivity contribution in [1.29, 1.82) is 0 Å². The number of carbonyl (C=O) groups is 1. The smallest absolute Gasteiger partial charge is 0.196 e. The normalized spacial score (nSPS) is 10.6. The van der Waals surface area contributed by atoms with E-state index in [0.29, 0.717) is 5.56 Å². The van der Waals surface area contributed by atoms with E-state index in [1.807, 2.05) is 0 Å². The number of halogens is 4. The van der Waals surface area contributed by atoms with Gasteiger partial charge in [0.2, 0.25) is 0 Å². The van der Waals surface area contributed by atoms with Gasteiger partial charge >= 0.3 is 0 Å². The summed E-state index contributed by atoms with van der Waals surface area (Å²) in [7, 11) is 0. The number of benzene rings is 2. The highest BCUT2D eigenvalue weighted by atomic mass is 79.9. The Hall–Kier alpha value is -1.62. The fraction of sp³-hybridized carbons (Fsp3) is 0.0714. The van der Waals surface area contributed by atoms with E-state index >= 15 is 0 Å². The minimum atomic E-state index is -0.862. The molecule has 5 heteroatoms. The molecule has 2 aromatic rings. The van der Waals surface area contributed by atoms with Crippen LogP contribution in [0, 0.1) is 24.4 Å².